The standard InChI is InChI=1S/C24H21F2N3O3/c1-2-3-10-28-14-19(29-22(24(28)32)23(31)20(30)13-27-29)21(15-6-4-8-17(25)11-15)16-7-5-9-18(26)12-16/h2-9,11-13,19,21,31H,10,14H2,1H3/b3-2+/t19-/m1/s1. The highest BCUT2D eigenvalue weighted by molar-refractivity contribution is 5.95. The lowest BCUT2D eigenvalue weighted by molar-refractivity contribution is 0.0658. The maximum absolute atomic E-state index is 14.2. The molecule has 3 aromatic rings. The van der Waals surface area contributed by atoms with Crippen molar-refractivity contribution in [3.05, 3.63) is 106 Å². The second-order valence-electron chi connectivity index (χ2n) is 7.58. The molecule has 4 rings (SSSR count). The van der Waals surface area contributed by atoms with E-state index in [1.807, 2.05) is 6.92 Å². The number of benzene rings is 2. The van der Waals surface area contributed by atoms with E-state index in [4.69, 9.17) is 0 Å². The first-order valence-electron chi connectivity index (χ1n) is 10.1. The summed E-state index contributed by atoms with van der Waals surface area (Å²) in [5, 5.41) is 14.6. The molecule has 1 amide bonds. The number of nitrogens with zero attached hydrogens (tertiary/aromatic N) is 3. The van der Waals surface area contributed by atoms with Gasteiger partial charge < -0.3 is 10.0 Å². The van der Waals surface area contributed by atoms with E-state index in [1.165, 1.54) is 33.8 Å². The van der Waals surface area contributed by atoms with Crippen molar-refractivity contribution in [1.82, 2.24) is 14.7 Å². The molecule has 8 heteroatoms. The molecule has 1 aliphatic rings. The van der Waals surface area contributed by atoms with Gasteiger partial charge in [0.05, 0.1) is 12.2 Å². The molecule has 1 aliphatic heterocycles. The Labute approximate surface area is 183 Å². The van der Waals surface area contributed by atoms with Gasteiger partial charge in [0.1, 0.15) is 11.6 Å². The molecule has 0 spiro atoms. The Morgan fingerprint density at radius 1 is 1.12 bits per heavy atom. The van der Waals surface area contributed by atoms with Crippen LogP contribution in [0.1, 0.15) is 40.5 Å². The summed E-state index contributed by atoms with van der Waals surface area (Å²) in [6.07, 6.45) is 4.49. The zero-order valence-electron chi connectivity index (χ0n) is 17.3. The molecule has 6 nitrogen and oxygen atoms in total. The second kappa shape index (κ2) is 8.74. The topological polar surface area (TPSA) is 75.4 Å². The maximum atomic E-state index is 14.2. The molecule has 32 heavy (non-hydrogen) atoms. The number of rotatable bonds is 5. The van der Waals surface area contributed by atoms with E-state index in [9.17, 15) is 23.5 Å². The highest BCUT2D eigenvalue weighted by Gasteiger charge is 2.39. The van der Waals surface area contributed by atoms with E-state index in [1.54, 1.807) is 36.4 Å². The van der Waals surface area contributed by atoms with Crippen molar-refractivity contribution in [1.29, 1.82) is 0 Å². The van der Waals surface area contributed by atoms with Crippen LogP contribution in [0, 0.1) is 11.6 Å². The fraction of sp³-hybridized carbons (Fsp3) is 0.208. The normalized spacial score (nSPS) is 16.1. The van der Waals surface area contributed by atoms with Gasteiger partial charge in [0.15, 0.2) is 11.4 Å². The van der Waals surface area contributed by atoms with Crippen LogP contribution in [-0.4, -0.2) is 38.8 Å². The number of halogens is 2. The van der Waals surface area contributed by atoms with Gasteiger partial charge in [-0.05, 0) is 42.3 Å². The Kier molecular flexibility index (Phi) is 5.85. The first-order chi connectivity index (χ1) is 15.4. The largest absolute Gasteiger partial charge is 0.502 e. The predicted octanol–water partition coefficient (Wildman–Crippen LogP) is 3.63. The van der Waals surface area contributed by atoms with E-state index in [-0.39, 0.29) is 18.8 Å². The Morgan fingerprint density at radius 3 is 2.31 bits per heavy atom. The van der Waals surface area contributed by atoms with E-state index < -0.39 is 40.7 Å². The number of carbonyl (C=O) groups is 1. The predicted molar refractivity (Wildman–Crippen MR) is 115 cm³/mol. The summed E-state index contributed by atoms with van der Waals surface area (Å²) in [5.41, 5.74) is 0.0825. The van der Waals surface area contributed by atoms with Crippen LogP contribution < -0.4 is 5.43 Å². The highest BCUT2D eigenvalue weighted by Crippen LogP contribution is 2.39. The van der Waals surface area contributed by atoms with Crippen molar-refractivity contribution in [2.45, 2.75) is 18.9 Å². The molecule has 0 saturated heterocycles. The third-order valence-electron chi connectivity index (χ3n) is 5.56. The van der Waals surface area contributed by atoms with Gasteiger partial charge in [-0.1, -0.05) is 36.4 Å². The van der Waals surface area contributed by atoms with E-state index in [0.29, 0.717) is 11.1 Å². The van der Waals surface area contributed by atoms with Crippen LogP contribution in [0.15, 0.2) is 71.7 Å². The summed E-state index contributed by atoms with van der Waals surface area (Å²) in [5.74, 6) is -2.78. The summed E-state index contributed by atoms with van der Waals surface area (Å²) < 4.78 is 29.6. The van der Waals surface area contributed by atoms with Crippen LogP contribution in [0.4, 0.5) is 8.78 Å². The monoisotopic (exact) mass is 437 g/mol. The lowest BCUT2D eigenvalue weighted by Gasteiger charge is -2.39. The lowest BCUT2D eigenvalue weighted by atomic mass is 9.83. The molecule has 0 unspecified atom stereocenters. The zero-order valence-corrected chi connectivity index (χ0v) is 17.3. The van der Waals surface area contributed by atoms with Gasteiger partial charge in [0.2, 0.25) is 5.43 Å². The van der Waals surface area contributed by atoms with Crippen molar-refractivity contribution in [3.63, 3.8) is 0 Å². The zero-order chi connectivity index (χ0) is 22.8. The fourth-order valence-electron chi connectivity index (χ4n) is 4.12. The fourth-order valence-corrected chi connectivity index (χ4v) is 4.12. The van der Waals surface area contributed by atoms with Crippen LogP contribution in [0.3, 0.4) is 0 Å². The number of allylic oxidation sites excluding steroid dienone is 1. The Hall–Kier alpha value is -3.81. The third-order valence-corrected chi connectivity index (χ3v) is 5.56. The quantitative estimate of drug-likeness (QED) is 0.619. The van der Waals surface area contributed by atoms with Gasteiger partial charge in [0.25, 0.3) is 5.91 Å². The van der Waals surface area contributed by atoms with Crippen LogP contribution in [0.2, 0.25) is 0 Å². The van der Waals surface area contributed by atoms with Crippen molar-refractivity contribution >= 4 is 5.91 Å². The van der Waals surface area contributed by atoms with Gasteiger partial charge in [-0.2, -0.15) is 5.10 Å². The molecule has 1 atom stereocenters. The van der Waals surface area contributed by atoms with Gasteiger partial charge in [-0.25, -0.2) is 8.78 Å². The van der Waals surface area contributed by atoms with Gasteiger partial charge in [0, 0.05) is 19.0 Å². The van der Waals surface area contributed by atoms with Gasteiger partial charge >= 0.3 is 0 Å². The van der Waals surface area contributed by atoms with Crippen LogP contribution in [0.5, 0.6) is 5.75 Å². The molecule has 0 bridgehead atoms. The summed E-state index contributed by atoms with van der Waals surface area (Å²) in [6.45, 7) is 2.21. The Morgan fingerprint density at radius 2 is 1.75 bits per heavy atom. The lowest BCUT2D eigenvalue weighted by Crippen LogP contribution is -2.47. The van der Waals surface area contributed by atoms with Gasteiger partial charge in [-0.3, -0.25) is 14.3 Å². The first-order valence-corrected chi connectivity index (χ1v) is 10.1. The average molecular weight is 437 g/mol. The molecule has 0 fully saturated rings. The molecule has 1 N–H and O–H groups in total. The molecular formula is C24H21F2N3O3. The number of carbonyl (C=O) groups excluding carboxylic acids is 1. The number of aromatic hydroxyl groups is 1. The van der Waals surface area contributed by atoms with Crippen LogP contribution in [-0.2, 0) is 0 Å². The molecule has 0 radical (unpaired) electrons. The number of hydrogen-bond donors (Lipinski definition) is 1. The number of aromatic nitrogens is 2. The highest BCUT2D eigenvalue weighted by atomic mass is 19.1. The molecule has 2 aromatic carbocycles. The minimum absolute atomic E-state index is 0.156. The van der Waals surface area contributed by atoms with Gasteiger partial charge in [-0.15, -0.1) is 0 Å². The van der Waals surface area contributed by atoms with E-state index >= 15 is 0 Å². The number of hydrogen-bond acceptors (Lipinski definition) is 4. The molecule has 1 aromatic heterocycles. The summed E-state index contributed by atoms with van der Waals surface area (Å²) >= 11 is 0. The van der Waals surface area contributed by atoms with Crippen molar-refractivity contribution in [2.75, 3.05) is 13.1 Å². The molecule has 2 heterocycles. The minimum atomic E-state index is -0.774. The molecule has 0 saturated carbocycles. The smallest absolute Gasteiger partial charge is 0.276 e. The van der Waals surface area contributed by atoms with Crippen molar-refractivity contribution in [2.24, 2.45) is 0 Å². The van der Waals surface area contributed by atoms with Crippen molar-refractivity contribution in [3.8, 4) is 5.75 Å². The Balaban J connectivity index is 1.95. The summed E-state index contributed by atoms with van der Waals surface area (Å²) in [4.78, 5) is 26.6. The number of amides is 1. The molecular weight excluding hydrogens is 416 g/mol. The molecule has 164 valence electrons. The maximum Gasteiger partial charge on any atom is 0.276 e. The summed E-state index contributed by atoms with van der Waals surface area (Å²) in [7, 11) is 0. The minimum Gasteiger partial charge on any atom is -0.502 e. The third kappa shape index (κ3) is 3.91. The average Bonchev–Trinajstić information content (AvgIpc) is 2.77. The van der Waals surface area contributed by atoms with E-state index in [2.05, 4.69) is 5.10 Å². The summed E-state index contributed by atoms with van der Waals surface area (Å²) in [6, 6.07) is 11.2. The SMILES string of the molecule is C/C=C/CN1C[C@H](C(c2cccc(F)c2)c2cccc(F)c2)n2ncc(=O)c(O)c2C1=O. The molecule has 0 aliphatic carbocycles. The van der Waals surface area contributed by atoms with Crippen LogP contribution in [0.25, 0.3) is 0 Å². The van der Waals surface area contributed by atoms with Crippen LogP contribution >= 0.6 is 0 Å². The first kappa shape index (κ1) is 21.4. The number of fused-ring (bicyclic) bond motifs is 1. The Bertz CT molecular complexity index is 1210. The second-order valence-corrected chi connectivity index (χ2v) is 7.58. The van der Waals surface area contributed by atoms with Crippen molar-refractivity contribution < 1.29 is 18.7 Å². The van der Waals surface area contributed by atoms with E-state index in [0.717, 1.165) is 6.20 Å².